The van der Waals surface area contributed by atoms with Crippen molar-refractivity contribution in [2.24, 2.45) is 0 Å². The van der Waals surface area contributed by atoms with Gasteiger partial charge in [-0.15, -0.1) is 11.3 Å². The van der Waals surface area contributed by atoms with E-state index in [2.05, 4.69) is 21.0 Å². The van der Waals surface area contributed by atoms with Gasteiger partial charge in [-0.1, -0.05) is 25.3 Å². The molecule has 0 unspecified atom stereocenters. The molecule has 1 aliphatic rings. The highest BCUT2D eigenvalue weighted by Gasteiger charge is 2.33. The van der Waals surface area contributed by atoms with Crippen molar-refractivity contribution >= 4 is 23.0 Å². The molecule has 1 saturated carbocycles. The van der Waals surface area contributed by atoms with Crippen molar-refractivity contribution in [2.45, 2.75) is 51.1 Å². The topological polar surface area (TPSA) is 41.9 Å². The summed E-state index contributed by atoms with van der Waals surface area (Å²) in [5, 5.41) is 1.18. The van der Waals surface area contributed by atoms with E-state index >= 15 is 0 Å². The first kappa shape index (κ1) is 20.8. The van der Waals surface area contributed by atoms with Crippen LogP contribution in [0.15, 0.2) is 36.7 Å². The lowest BCUT2D eigenvalue weighted by Crippen LogP contribution is -2.16. The van der Waals surface area contributed by atoms with Crippen LogP contribution in [-0.2, 0) is 6.18 Å². The number of benzene rings is 1. The van der Waals surface area contributed by atoms with E-state index in [1.54, 1.807) is 23.3 Å². The molecule has 2 aromatic heterocycles. The van der Waals surface area contributed by atoms with Gasteiger partial charge in [-0.05, 0) is 49.1 Å². The smallest absolute Gasteiger partial charge is 0.314 e. The second-order valence-corrected chi connectivity index (χ2v) is 8.82. The van der Waals surface area contributed by atoms with Crippen molar-refractivity contribution < 1.29 is 13.2 Å². The van der Waals surface area contributed by atoms with Gasteiger partial charge in [0.1, 0.15) is 5.69 Å². The first-order valence-electron chi connectivity index (χ1n) is 10.0. The molecule has 0 atom stereocenters. The van der Waals surface area contributed by atoms with E-state index in [0.29, 0.717) is 5.92 Å². The number of anilines is 2. The predicted molar refractivity (Wildman–Crippen MR) is 113 cm³/mol. The molecular formula is C22H23F3N4S. The van der Waals surface area contributed by atoms with E-state index < -0.39 is 11.9 Å². The molecule has 1 aliphatic carbocycles. The third-order valence-electron chi connectivity index (χ3n) is 5.45. The van der Waals surface area contributed by atoms with Crippen LogP contribution >= 0.6 is 11.3 Å². The number of hydrogen-bond acceptors (Lipinski definition) is 5. The molecule has 0 bridgehead atoms. The number of aromatic nitrogens is 3. The lowest BCUT2D eigenvalue weighted by atomic mass is 9.90. The molecule has 8 heteroatoms. The quantitative estimate of drug-likeness (QED) is 0.458. The maximum atomic E-state index is 13.0. The minimum absolute atomic E-state index is 0.00794. The molecule has 0 saturated heterocycles. The summed E-state index contributed by atoms with van der Waals surface area (Å²) < 4.78 is 39.1. The summed E-state index contributed by atoms with van der Waals surface area (Å²) >= 11 is 1.71. The fourth-order valence-corrected chi connectivity index (χ4v) is 4.92. The highest BCUT2D eigenvalue weighted by molar-refractivity contribution is 7.15. The second kappa shape index (κ2) is 8.34. The summed E-state index contributed by atoms with van der Waals surface area (Å²) in [7, 11) is 1.67. The average Bonchev–Trinajstić information content (AvgIpc) is 3.23. The van der Waals surface area contributed by atoms with Crippen LogP contribution in [0.5, 0.6) is 0 Å². The number of alkyl halides is 3. The van der Waals surface area contributed by atoms with Crippen LogP contribution in [-0.4, -0.2) is 22.0 Å². The average molecular weight is 433 g/mol. The van der Waals surface area contributed by atoms with E-state index in [-0.39, 0.29) is 5.95 Å². The van der Waals surface area contributed by atoms with Gasteiger partial charge >= 0.3 is 6.18 Å². The fourth-order valence-electron chi connectivity index (χ4n) is 3.84. The van der Waals surface area contributed by atoms with Gasteiger partial charge in [0.25, 0.3) is 0 Å². The van der Waals surface area contributed by atoms with Crippen LogP contribution in [0, 0.1) is 6.92 Å². The molecule has 1 fully saturated rings. The molecule has 4 rings (SSSR count). The zero-order valence-corrected chi connectivity index (χ0v) is 17.7. The zero-order chi connectivity index (χ0) is 21.3. The van der Waals surface area contributed by atoms with Crippen molar-refractivity contribution in [2.75, 3.05) is 11.9 Å². The first-order valence-corrected chi connectivity index (χ1v) is 10.8. The number of nitrogens with zero attached hydrogens (tertiary/aromatic N) is 4. The number of thiazole rings is 1. The number of aryl methyl sites for hydroxylation is 1. The van der Waals surface area contributed by atoms with Crippen molar-refractivity contribution in [1.82, 2.24) is 15.0 Å². The van der Waals surface area contributed by atoms with E-state index in [1.165, 1.54) is 37.1 Å². The van der Waals surface area contributed by atoms with Crippen LogP contribution in [0.2, 0.25) is 0 Å². The van der Waals surface area contributed by atoms with Crippen LogP contribution < -0.4 is 4.90 Å². The standard InChI is InChI=1S/C22H23F3N4S/c1-14-10-16(18-13-27-20(30-18)15-6-4-3-5-7-15)12-17(11-14)29(2)21-26-9-8-19(28-21)22(23,24)25/h8-13,15H,3-7H2,1-2H3. The summed E-state index contributed by atoms with van der Waals surface area (Å²) in [6.07, 6.45) is 4.76. The van der Waals surface area contributed by atoms with Gasteiger partial charge < -0.3 is 4.90 Å². The van der Waals surface area contributed by atoms with Gasteiger partial charge in [-0.3, -0.25) is 0 Å². The minimum atomic E-state index is -4.51. The molecular weight excluding hydrogens is 409 g/mol. The molecule has 4 nitrogen and oxygen atoms in total. The Hall–Kier alpha value is -2.48. The Bertz CT molecular complexity index is 1030. The number of rotatable bonds is 4. The summed E-state index contributed by atoms with van der Waals surface area (Å²) in [5.74, 6) is 0.552. The Balaban J connectivity index is 1.63. The largest absolute Gasteiger partial charge is 0.433 e. The monoisotopic (exact) mass is 432 g/mol. The Morgan fingerprint density at radius 1 is 1.07 bits per heavy atom. The van der Waals surface area contributed by atoms with E-state index in [4.69, 9.17) is 0 Å². The van der Waals surface area contributed by atoms with Crippen LogP contribution in [0.1, 0.15) is 54.3 Å². The van der Waals surface area contributed by atoms with Gasteiger partial charge in [0.05, 0.1) is 9.88 Å². The summed E-state index contributed by atoms with van der Waals surface area (Å²) in [6, 6.07) is 6.82. The van der Waals surface area contributed by atoms with E-state index in [0.717, 1.165) is 34.0 Å². The number of halogens is 3. The molecule has 3 aromatic rings. The normalized spacial score (nSPS) is 15.4. The minimum Gasteiger partial charge on any atom is -0.314 e. The molecule has 158 valence electrons. The molecule has 1 aromatic carbocycles. The molecule has 0 spiro atoms. The fraction of sp³-hybridized carbons (Fsp3) is 0.409. The van der Waals surface area contributed by atoms with Crippen molar-refractivity contribution in [3.8, 4) is 10.4 Å². The maximum absolute atomic E-state index is 13.0. The van der Waals surface area contributed by atoms with E-state index in [1.807, 2.05) is 25.3 Å². The van der Waals surface area contributed by atoms with Crippen LogP contribution in [0.25, 0.3) is 10.4 Å². The van der Waals surface area contributed by atoms with Crippen molar-refractivity contribution in [3.63, 3.8) is 0 Å². The van der Waals surface area contributed by atoms with Crippen LogP contribution in [0.4, 0.5) is 24.8 Å². The third kappa shape index (κ3) is 4.48. The van der Waals surface area contributed by atoms with Gasteiger partial charge in [0, 0.05) is 31.0 Å². The zero-order valence-electron chi connectivity index (χ0n) is 16.9. The van der Waals surface area contributed by atoms with E-state index in [9.17, 15) is 13.2 Å². The lowest BCUT2D eigenvalue weighted by molar-refractivity contribution is -0.141. The van der Waals surface area contributed by atoms with Gasteiger partial charge in [0.2, 0.25) is 5.95 Å². The predicted octanol–water partition coefficient (Wildman–Crippen LogP) is 6.74. The maximum Gasteiger partial charge on any atom is 0.433 e. The number of hydrogen-bond donors (Lipinski definition) is 0. The Morgan fingerprint density at radius 2 is 1.83 bits per heavy atom. The van der Waals surface area contributed by atoms with Gasteiger partial charge in [-0.2, -0.15) is 13.2 Å². The summed E-state index contributed by atoms with van der Waals surface area (Å²) in [6.45, 7) is 1.97. The van der Waals surface area contributed by atoms with Crippen molar-refractivity contribution in [3.05, 3.63) is 52.9 Å². The Morgan fingerprint density at radius 3 is 2.57 bits per heavy atom. The molecule has 30 heavy (non-hydrogen) atoms. The molecule has 2 heterocycles. The van der Waals surface area contributed by atoms with Gasteiger partial charge in [-0.25, -0.2) is 15.0 Å². The molecule has 0 radical (unpaired) electrons. The third-order valence-corrected chi connectivity index (χ3v) is 6.65. The second-order valence-electron chi connectivity index (χ2n) is 7.75. The van der Waals surface area contributed by atoms with Crippen molar-refractivity contribution in [1.29, 1.82) is 0 Å². The Labute approximate surface area is 177 Å². The SMILES string of the molecule is Cc1cc(-c2cnc(C3CCCCC3)s2)cc(N(C)c2nccc(C(F)(F)F)n2)c1. The summed E-state index contributed by atoms with van der Waals surface area (Å²) in [5.41, 5.74) is 1.79. The summed E-state index contributed by atoms with van der Waals surface area (Å²) in [4.78, 5) is 15.0. The highest BCUT2D eigenvalue weighted by Crippen LogP contribution is 2.39. The lowest BCUT2D eigenvalue weighted by Gasteiger charge is -2.20. The Kier molecular flexibility index (Phi) is 5.77. The molecule has 0 N–H and O–H groups in total. The molecule has 0 amide bonds. The first-order chi connectivity index (χ1) is 14.3. The van der Waals surface area contributed by atoms with Crippen LogP contribution in [0.3, 0.4) is 0 Å². The molecule has 0 aliphatic heterocycles. The van der Waals surface area contributed by atoms with Gasteiger partial charge in [0.15, 0.2) is 0 Å². The highest BCUT2D eigenvalue weighted by atomic mass is 32.1.